The van der Waals surface area contributed by atoms with Crippen molar-refractivity contribution in [3.8, 4) is 0 Å². The number of hydrogen-bond acceptors (Lipinski definition) is 3. The lowest BCUT2D eigenvalue weighted by molar-refractivity contribution is -0.142. The fraction of sp³-hybridized carbons (Fsp3) is 0.818. The van der Waals surface area contributed by atoms with Crippen molar-refractivity contribution in [3.05, 3.63) is 0 Å². The number of hydrogen-bond donors (Lipinski definition) is 1. The molecule has 0 amide bonds. The Bertz CT molecular complexity index is 246. The number of carbonyl (C=O) groups is 2. The molecule has 0 aromatic carbocycles. The van der Waals surface area contributed by atoms with Crippen LogP contribution in [0.2, 0.25) is 18.6 Å². The summed E-state index contributed by atoms with van der Waals surface area (Å²) in [6.07, 6.45) is 1.84. The molecular formula is C11H22O4Si. The van der Waals surface area contributed by atoms with Crippen molar-refractivity contribution in [1.29, 1.82) is 0 Å². The summed E-state index contributed by atoms with van der Waals surface area (Å²) in [6.45, 7) is 8.22. The third-order valence-corrected chi connectivity index (χ3v) is 6.43. The van der Waals surface area contributed by atoms with Gasteiger partial charge in [-0.25, -0.2) is 0 Å². The summed E-state index contributed by atoms with van der Waals surface area (Å²) in [5, 5.41) is 8.47. The highest BCUT2D eigenvalue weighted by atomic mass is 28.4. The Kier molecular flexibility index (Phi) is 6.33. The van der Waals surface area contributed by atoms with Crippen LogP contribution >= 0.6 is 0 Å². The van der Waals surface area contributed by atoms with Crippen LogP contribution in [0.25, 0.3) is 0 Å². The van der Waals surface area contributed by atoms with Crippen molar-refractivity contribution in [2.24, 2.45) is 0 Å². The zero-order valence-corrected chi connectivity index (χ0v) is 11.6. The quantitative estimate of drug-likeness (QED) is 0.702. The molecule has 0 heterocycles. The lowest BCUT2D eigenvalue weighted by Crippen LogP contribution is -2.38. The summed E-state index contributed by atoms with van der Waals surface area (Å²) in [6, 6.07) is 0. The maximum Gasteiger partial charge on any atom is 0.303 e. The minimum Gasteiger partial charge on any atom is -0.519 e. The maximum absolute atomic E-state index is 11.4. The first-order chi connectivity index (χ1) is 7.33. The summed E-state index contributed by atoms with van der Waals surface area (Å²) < 4.78 is 5.47. The molecule has 0 aromatic heterocycles. The molecule has 0 aliphatic carbocycles. The highest BCUT2D eigenvalue weighted by molar-refractivity contribution is 6.74. The van der Waals surface area contributed by atoms with Gasteiger partial charge in [-0.1, -0.05) is 26.7 Å². The number of aliphatic carboxylic acids is 1. The zero-order chi connectivity index (χ0) is 12.8. The molecule has 0 atom stereocenters. The molecule has 0 fully saturated rings. The van der Waals surface area contributed by atoms with Crippen molar-refractivity contribution in [3.63, 3.8) is 0 Å². The predicted molar refractivity (Wildman–Crippen MR) is 64.8 cm³/mol. The van der Waals surface area contributed by atoms with E-state index in [0.717, 1.165) is 12.8 Å². The summed E-state index contributed by atoms with van der Waals surface area (Å²) in [4.78, 5) is 21.8. The summed E-state index contributed by atoms with van der Waals surface area (Å²) in [5.74, 6) is -1.33. The van der Waals surface area contributed by atoms with Crippen LogP contribution in [0.15, 0.2) is 0 Å². The first-order valence-corrected chi connectivity index (χ1v) is 8.75. The number of carbonyl (C=O) groups excluding carboxylic acids is 1. The molecule has 4 nitrogen and oxygen atoms in total. The molecule has 1 N–H and O–H groups in total. The van der Waals surface area contributed by atoms with Gasteiger partial charge in [-0.2, -0.15) is 0 Å². The second kappa shape index (κ2) is 6.68. The van der Waals surface area contributed by atoms with Gasteiger partial charge < -0.3 is 9.53 Å². The molecule has 0 aromatic rings. The van der Waals surface area contributed by atoms with E-state index in [1.165, 1.54) is 0 Å². The van der Waals surface area contributed by atoms with Crippen LogP contribution in [0.1, 0.15) is 39.5 Å². The van der Waals surface area contributed by atoms with E-state index < -0.39 is 14.3 Å². The van der Waals surface area contributed by atoms with Crippen LogP contribution in [-0.4, -0.2) is 25.4 Å². The van der Waals surface area contributed by atoms with Gasteiger partial charge in [0, 0.05) is 0 Å². The van der Waals surface area contributed by atoms with Gasteiger partial charge in [0.1, 0.15) is 0 Å². The molecule has 0 rings (SSSR count). The molecule has 0 spiro atoms. The summed E-state index contributed by atoms with van der Waals surface area (Å²) >= 11 is 0. The average molecular weight is 246 g/mol. The van der Waals surface area contributed by atoms with Gasteiger partial charge in [-0.3, -0.25) is 9.59 Å². The second-order valence-corrected chi connectivity index (χ2v) is 8.71. The van der Waals surface area contributed by atoms with Crippen LogP contribution < -0.4 is 0 Å². The van der Waals surface area contributed by atoms with E-state index in [9.17, 15) is 9.59 Å². The van der Waals surface area contributed by atoms with Crippen molar-refractivity contribution in [2.45, 2.75) is 58.2 Å². The van der Waals surface area contributed by atoms with Crippen molar-refractivity contribution in [1.82, 2.24) is 0 Å². The van der Waals surface area contributed by atoms with Crippen molar-refractivity contribution in [2.75, 3.05) is 0 Å². The van der Waals surface area contributed by atoms with E-state index in [-0.39, 0.29) is 18.8 Å². The topological polar surface area (TPSA) is 63.6 Å². The van der Waals surface area contributed by atoms with Crippen LogP contribution in [0.5, 0.6) is 0 Å². The number of carboxylic acids is 1. The van der Waals surface area contributed by atoms with Gasteiger partial charge in [-0.05, 0) is 18.6 Å². The normalized spacial score (nSPS) is 11.6. The van der Waals surface area contributed by atoms with Crippen LogP contribution in [-0.2, 0) is 14.0 Å². The second-order valence-electron chi connectivity index (χ2n) is 4.48. The van der Waals surface area contributed by atoms with Gasteiger partial charge in [0.2, 0.25) is 0 Å². The third-order valence-electron chi connectivity index (χ3n) is 2.89. The first kappa shape index (κ1) is 15.2. The number of rotatable bonds is 7. The Morgan fingerprint density at radius 1 is 1.19 bits per heavy atom. The highest BCUT2D eigenvalue weighted by Gasteiger charge is 2.34. The molecule has 94 valence electrons. The van der Waals surface area contributed by atoms with Crippen LogP contribution in [0.3, 0.4) is 0 Å². The smallest absolute Gasteiger partial charge is 0.303 e. The largest absolute Gasteiger partial charge is 0.519 e. The van der Waals surface area contributed by atoms with E-state index in [4.69, 9.17) is 9.53 Å². The summed E-state index contributed by atoms with van der Waals surface area (Å²) in [7, 11) is -2.01. The van der Waals surface area contributed by atoms with Gasteiger partial charge in [0.05, 0.1) is 12.8 Å². The monoisotopic (exact) mass is 246 g/mol. The molecule has 0 radical (unpaired) electrons. The SMILES string of the molecule is CCC(CC)[Si](C)(C)OC(=O)CCC(=O)O. The van der Waals surface area contributed by atoms with Crippen molar-refractivity contribution >= 4 is 20.3 Å². The Labute approximate surface area is 98.1 Å². The molecule has 0 aliphatic heterocycles. The van der Waals surface area contributed by atoms with Crippen molar-refractivity contribution < 1.29 is 19.1 Å². The van der Waals surface area contributed by atoms with Crippen LogP contribution in [0, 0.1) is 0 Å². The molecule has 5 heteroatoms. The lowest BCUT2D eigenvalue weighted by atomic mass is 10.3. The Morgan fingerprint density at radius 3 is 2.06 bits per heavy atom. The number of carboxylic acid groups (broad SMARTS) is 1. The minimum absolute atomic E-state index is 0.0219. The molecule has 16 heavy (non-hydrogen) atoms. The lowest BCUT2D eigenvalue weighted by Gasteiger charge is -2.30. The molecular weight excluding hydrogens is 224 g/mol. The molecule has 0 aliphatic rings. The van der Waals surface area contributed by atoms with E-state index >= 15 is 0 Å². The van der Waals surface area contributed by atoms with E-state index in [2.05, 4.69) is 13.8 Å². The van der Waals surface area contributed by atoms with E-state index in [1.807, 2.05) is 13.1 Å². The van der Waals surface area contributed by atoms with E-state index in [0.29, 0.717) is 5.54 Å². The molecule has 0 bridgehead atoms. The predicted octanol–water partition coefficient (Wildman–Crippen LogP) is 2.79. The van der Waals surface area contributed by atoms with Gasteiger partial charge in [0.15, 0.2) is 0 Å². The van der Waals surface area contributed by atoms with Gasteiger partial charge in [-0.15, -0.1) is 0 Å². The molecule has 0 unspecified atom stereocenters. The standard InChI is InChI=1S/C11H22O4Si/c1-5-9(6-2)16(3,4)15-11(14)8-7-10(12)13/h9H,5-8H2,1-4H3,(H,12,13). The Hall–Kier alpha value is -0.843. The van der Waals surface area contributed by atoms with E-state index in [1.54, 1.807) is 0 Å². The third kappa shape index (κ3) is 5.30. The Balaban J connectivity index is 4.23. The highest BCUT2D eigenvalue weighted by Crippen LogP contribution is 2.29. The fourth-order valence-corrected chi connectivity index (χ4v) is 4.73. The zero-order valence-electron chi connectivity index (χ0n) is 10.6. The van der Waals surface area contributed by atoms with Gasteiger partial charge >= 0.3 is 5.97 Å². The molecule has 0 saturated heterocycles. The molecule has 0 saturated carbocycles. The minimum atomic E-state index is -2.01. The first-order valence-electron chi connectivity index (χ1n) is 5.77. The fourth-order valence-electron chi connectivity index (χ4n) is 1.91. The maximum atomic E-state index is 11.4. The van der Waals surface area contributed by atoms with Gasteiger partial charge in [0.25, 0.3) is 14.3 Å². The van der Waals surface area contributed by atoms with Crippen LogP contribution in [0.4, 0.5) is 0 Å². The average Bonchev–Trinajstić information content (AvgIpc) is 2.15. The Morgan fingerprint density at radius 2 is 1.69 bits per heavy atom. The summed E-state index contributed by atoms with van der Waals surface area (Å²) in [5.41, 5.74) is 0.446.